The first kappa shape index (κ1) is 13.5. The van der Waals surface area contributed by atoms with Crippen LogP contribution in [0.1, 0.15) is 21.8 Å². The molecule has 0 saturated heterocycles. The third-order valence-electron chi connectivity index (χ3n) is 3.23. The fraction of sp³-hybridized carbons (Fsp3) is 0.188. The Morgan fingerprint density at radius 1 is 1.33 bits per heavy atom. The summed E-state index contributed by atoms with van der Waals surface area (Å²) >= 11 is 1.62. The molecule has 4 nitrogen and oxygen atoms in total. The van der Waals surface area contributed by atoms with Gasteiger partial charge in [-0.3, -0.25) is 4.98 Å². The van der Waals surface area contributed by atoms with E-state index in [-0.39, 0.29) is 0 Å². The number of hydrogen-bond donors (Lipinski definition) is 1. The number of nitriles is 1. The van der Waals surface area contributed by atoms with Crippen LogP contribution >= 0.6 is 11.3 Å². The maximum Gasteiger partial charge on any atom is 0.112 e. The van der Waals surface area contributed by atoms with Gasteiger partial charge in [0, 0.05) is 22.7 Å². The first-order valence-electron chi connectivity index (χ1n) is 6.61. The van der Waals surface area contributed by atoms with Crippen LogP contribution < -0.4 is 5.32 Å². The average Bonchev–Trinajstić information content (AvgIpc) is 2.90. The van der Waals surface area contributed by atoms with Crippen molar-refractivity contribution in [1.29, 1.82) is 5.26 Å². The Morgan fingerprint density at radius 3 is 2.90 bits per heavy atom. The van der Waals surface area contributed by atoms with Gasteiger partial charge in [-0.05, 0) is 25.5 Å². The number of thiazole rings is 1. The largest absolute Gasteiger partial charge is 0.377 e. The molecule has 0 bridgehead atoms. The van der Waals surface area contributed by atoms with E-state index in [1.54, 1.807) is 17.5 Å². The number of nitrogens with zero attached hydrogens (tertiary/aromatic N) is 3. The monoisotopic (exact) mass is 294 g/mol. The Hall–Kier alpha value is -2.45. The van der Waals surface area contributed by atoms with Gasteiger partial charge in [0.25, 0.3) is 0 Å². The molecule has 0 amide bonds. The lowest BCUT2D eigenvalue weighted by atomic mass is 10.1. The van der Waals surface area contributed by atoms with E-state index < -0.39 is 0 Å². The van der Waals surface area contributed by atoms with Crippen molar-refractivity contribution in [2.45, 2.75) is 20.4 Å². The number of aryl methyl sites for hydroxylation is 2. The van der Waals surface area contributed by atoms with Gasteiger partial charge in [0.1, 0.15) is 11.1 Å². The summed E-state index contributed by atoms with van der Waals surface area (Å²) in [4.78, 5) is 8.79. The molecule has 2 aromatic heterocycles. The highest BCUT2D eigenvalue weighted by molar-refractivity contribution is 7.09. The van der Waals surface area contributed by atoms with Gasteiger partial charge in [-0.1, -0.05) is 12.1 Å². The van der Waals surface area contributed by atoms with E-state index in [0.29, 0.717) is 12.1 Å². The van der Waals surface area contributed by atoms with Gasteiger partial charge in [-0.25, -0.2) is 4.98 Å². The molecule has 0 aliphatic heterocycles. The summed E-state index contributed by atoms with van der Waals surface area (Å²) in [6.07, 6.45) is 1.62. The predicted molar refractivity (Wildman–Crippen MR) is 85.4 cm³/mol. The third-order valence-corrected chi connectivity index (χ3v) is 4.19. The second-order valence-electron chi connectivity index (χ2n) is 4.92. The number of anilines is 1. The van der Waals surface area contributed by atoms with Crippen LogP contribution in [0.25, 0.3) is 10.9 Å². The number of aromatic nitrogens is 2. The quantitative estimate of drug-likeness (QED) is 0.798. The number of nitrogens with one attached hydrogen (secondary N) is 1. The third kappa shape index (κ3) is 2.71. The van der Waals surface area contributed by atoms with Crippen LogP contribution in [0.5, 0.6) is 0 Å². The smallest absolute Gasteiger partial charge is 0.112 e. The average molecular weight is 294 g/mol. The number of fused-ring (bicyclic) bond motifs is 1. The molecule has 0 aliphatic carbocycles. The maximum absolute atomic E-state index is 9.29. The zero-order chi connectivity index (χ0) is 14.8. The second-order valence-corrected chi connectivity index (χ2v) is 5.86. The Kier molecular flexibility index (Phi) is 3.55. The Bertz CT molecular complexity index is 845. The summed E-state index contributed by atoms with van der Waals surface area (Å²) in [6, 6.07) is 8.26. The van der Waals surface area contributed by atoms with E-state index in [9.17, 15) is 5.26 Å². The number of pyridine rings is 1. The Labute approximate surface area is 127 Å². The molecule has 0 fully saturated rings. The molecule has 2 heterocycles. The molecule has 0 aliphatic rings. The van der Waals surface area contributed by atoms with Crippen molar-refractivity contribution >= 4 is 27.9 Å². The molecule has 1 aromatic carbocycles. The van der Waals surface area contributed by atoms with Crippen LogP contribution in [0.15, 0.2) is 29.8 Å². The first-order valence-corrected chi connectivity index (χ1v) is 7.49. The van der Waals surface area contributed by atoms with E-state index in [2.05, 4.69) is 21.4 Å². The molecule has 0 spiro atoms. The molecule has 1 N–H and O–H groups in total. The van der Waals surface area contributed by atoms with E-state index in [4.69, 9.17) is 0 Å². The lowest BCUT2D eigenvalue weighted by Crippen LogP contribution is -2.03. The van der Waals surface area contributed by atoms with Crippen molar-refractivity contribution in [3.63, 3.8) is 0 Å². The standard InChI is InChI=1S/C16H14N4S/c1-10-3-4-13-14(5-10)18-7-12(6-17)16(13)19-8-15-20-11(2)9-21-15/h3-5,7,9H,8H2,1-2H3,(H,18,19). The molecule has 5 heteroatoms. The SMILES string of the molecule is Cc1ccc2c(NCc3nc(C)cs3)c(C#N)cnc2c1. The van der Waals surface area contributed by atoms with E-state index in [1.807, 2.05) is 37.4 Å². The van der Waals surface area contributed by atoms with Crippen LogP contribution in [0.3, 0.4) is 0 Å². The normalized spacial score (nSPS) is 10.5. The fourth-order valence-corrected chi connectivity index (χ4v) is 2.94. The van der Waals surface area contributed by atoms with Crippen LogP contribution in [-0.4, -0.2) is 9.97 Å². The van der Waals surface area contributed by atoms with Crippen molar-refractivity contribution in [3.05, 3.63) is 51.6 Å². The molecule has 104 valence electrons. The van der Waals surface area contributed by atoms with Crippen molar-refractivity contribution < 1.29 is 0 Å². The van der Waals surface area contributed by atoms with Gasteiger partial charge in [0.2, 0.25) is 0 Å². The summed E-state index contributed by atoms with van der Waals surface area (Å²) in [7, 11) is 0. The summed E-state index contributed by atoms with van der Waals surface area (Å²) in [5.41, 5.74) is 4.45. The predicted octanol–water partition coefficient (Wildman–Crippen LogP) is 3.79. The van der Waals surface area contributed by atoms with Crippen molar-refractivity contribution in [1.82, 2.24) is 9.97 Å². The zero-order valence-electron chi connectivity index (χ0n) is 11.8. The number of hydrogen-bond acceptors (Lipinski definition) is 5. The van der Waals surface area contributed by atoms with Crippen LogP contribution in [0, 0.1) is 25.2 Å². The summed E-state index contributed by atoms with van der Waals surface area (Å²) in [6.45, 7) is 4.62. The molecule has 21 heavy (non-hydrogen) atoms. The maximum atomic E-state index is 9.29. The van der Waals surface area contributed by atoms with Crippen molar-refractivity contribution in [2.24, 2.45) is 0 Å². The van der Waals surface area contributed by atoms with Gasteiger partial charge in [0.05, 0.1) is 23.3 Å². The molecule has 3 aromatic rings. The number of benzene rings is 1. The Balaban J connectivity index is 2.01. The fourth-order valence-electron chi connectivity index (χ4n) is 2.23. The molecule has 0 radical (unpaired) electrons. The topological polar surface area (TPSA) is 61.6 Å². The molecule has 0 atom stereocenters. The molecular formula is C16H14N4S. The first-order chi connectivity index (χ1) is 10.2. The lowest BCUT2D eigenvalue weighted by Gasteiger charge is -2.10. The highest BCUT2D eigenvalue weighted by Crippen LogP contribution is 2.27. The van der Waals surface area contributed by atoms with E-state index >= 15 is 0 Å². The van der Waals surface area contributed by atoms with Crippen molar-refractivity contribution in [3.8, 4) is 6.07 Å². The van der Waals surface area contributed by atoms with Crippen molar-refractivity contribution in [2.75, 3.05) is 5.32 Å². The van der Waals surface area contributed by atoms with Gasteiger partial charge in [-0.2, -0.15) is 5.26 Å². The van der Waals surface area contributed by atoms with Crippen LogP contribution in [0.4, 0.5) is 5.69 Å². The zero-order valence-corrected chi connectivity index (χ0v) is 12.7. The van der Waals surface area contributed by atoms with Crippen LogP contribution in [-0.2, 0) is 6.54 Å². The van der Waals surface area contributed by atoms with Gasteiger partial charge < -0.3 is 5.32 Å². The minimum atomic E-state index is 0.555. The van der Waals surface area contributed by atoms with Gasteiger partial charge in [-0.15, -0.1) is 11.3 Å². The summed E-state index contributed by atoms with van der Waals surface area (Å²) in [5.74, 6) is 0. The summed E-state index contributed by atoms with van der Waals surface area (Å²) in [5, 5.41) is 16.6. The second kappa shape index (κ2) is 5.51. The highest BCUT2D eigenvalue weighted by Gasteiger charge is 2.09. The Morgan fingerprint density at radius 2 is 2.19 bits per heavy atom. The van der Waals surface area contributed by atoms with Crippen LogP contribution in [0.2, 0.25) is 0 Å². The molecule has 0 saturated carbocycles. The molecule has 3 rings (SSSR count). The minimum absolute atomic E-state index is 0.555. The van der Waals surface area contributed by atoms with Gasteiger partial charge in [0.15, 0.2) is 0 Å². The minimum Gasteiger partial charge on any atom is -0.377 e. The lowest BCUT2D eigenvalue weighted by molar-refractivity contribution is 1.08. The van der Waals surface area contributed by atoms with E-state index in [1.165, 1.54) is 0 Å². The number of rotatable bonds is 3. The summed E-state index contributed by atoms with van der Waals surface area (Å²) < 4.78 is 0. The highest BCUT2D eigenvalue weighted by atomic mass is 32.1. The molecule has 0 unspecified atom stereocenters. The van der Waals surface area contributed by atoms with Gasteiger partial charge >= 0.3 is 0 Å². The molecular weight excluding hydrogens is 280 g/mol. The van der Waals surface area contributed by atoms with E-state index in [0.717, 1.165) is 32.9 Å².